The van der Waals surface area contributed by atoms with E-state index < -0.39 is 8.32 Å². The zero-order valence-electron chi connectivity index (χ0n) is 14.3. The van der Waals surface area contributed by atoms with E-state index in [2.05, 4.69) is 19.2 Å². The molecule has 0 N–H and O–H groups in total. The average Bonchev–Trinajstić information content (AvgIpc) is 2.59. The van der Waals surface area contributed by atoms with Crippen LogP contribution in [0.15, 0.2) is 60.9 Å². The Morgan fingerprint density at radius 1 is 1.08 bits per heavy atom. The topological polar surface area (TPSA) is 35.5 Å². The fourth-order valence-corrected chi connectivity index (χ4v) is 2.54. The number of carbonyl (C=O) groups excluding carboxylic acids is 1. The summed E-state index contributed by atoms with van der Waals surface area (Å²) in [5, 5.41) is 0. The smallest absolute Gasteiger partial charge is 0.224 e. The van der Waals surface area contributed by atoms with Crippen LogP contribution in [0.3, 0.4) is 0 Å². The molecule has 0 aromatic heterocycles. The Morgan fingerprint density at radius 3 is 2.25 bits per heavy atom. The van der Waals surface area contributed by atoms with Crippen molar-refractivity contribution < 1.29 is 46.7 Å². The van der Waals surface area contributed by atoms with Crippen LogP contribution in [0.25, 0.3) is 11.1 Å². The molecule has 3 nitrogen and oxygen atoms in total. The van der Waals surface area contributed by atoms with Crippen LogP contribution < -0.4 is 0 Å². The number of benzene rings is 2. The molecule has 2 rings (SSSR count). The van der Waals surface area contributed by atoms with Crippen molar-refractivity contribution in [1.82, 2.24) is 0 Å². The molecule has 0 bridgehead atoms. The van der Waals surface area contributed by atoms with Crippen LogP contribution in [0.1, 0.15) is 10.4 Å². The zero-order chi connectivity index (χ0) is 16.7. The maximum atomic E-state index is 12.1. The number of rotatable bonds is 7. The van der Waals surface area contributed by atoms with Crippen molar-refractivity contribution in [1.29, 1.82) is 0 Å². The molecule has 0 amide bonds. The average molecular weight is 414 g/mol. The van der Waals surface area contributed by atoms with Gasteiger partial charge in [0.15, 0.2) is 5.78 Å². The van der Waals surface area contributed by atoms with Crippen LogP contribution >= 0.6 is 0 Å². The first-order valence-electron chi connectivity index (χ1n) is 7.46. The van der Waals surface area contributed by atoms with Gasteiger partial charge in [-0.05, 0) is 18.7 Å². The molecule has 0 aliphatic heterocycles. The molecule has 5 heteroatoms. The second-order valence-corrected chi connectivity index (χ2v) is 10.0. The van der Waals surface area contributed by atoms with Gasteiger partial charge < -0.3 is 9.16 Å². The van der Waals surface area contributed by atoms with Crippen LogP contribution in [0, 0.1) is 6.07 Å². The van der Waals surface area contributed by atoms with Crippen LogP contribution in [0.2, 0.25) is 13.1 Å². The minimum absolute atomic E-state index is 0. The summed E-state index contributed by atoms with van der Waals surface area (Å²) in [6.45, 7) is 4.12. The predicted octanol–water partition coefficient (Wildman–Crippen LogP) is 4.25. The second-order valence-electron chi connectivity index (χ2n) is 5.81. The quantitative estimate of drug-likeness (QED) is 0.223. The van der Waals surface area contributed by atoms with Gasteiger partial charge in [-0.15, -0.1) is 5.56 Å². The molecule has 0 saturated heterocycles. The Balaban J connectivity index is 0.00000288. The first-order valence-corrected chi connectivity index (χ1v) is 10.6. The largest absolute Gasteiger partial charge is 0.502 e. The van der Waals surface area contributed by atoms with Crippen LogP contribution in [0.5, 0.6) is 0 Å². The van der Waals surface area contributed by atoms with Crippen LogP contribution in [0.4, 0.5) is 0 Å². The third kappa shape index (κ3) is 6.44. The van der Waals surface area contributed by atoms with E-state index in [1.54, 1.807) is 7.11 Å². The molecular weight excluding hydrogens is 393 g/mol. The van der Waals surface area contributed by atoms with Crippen molar-refractivity contribution in [2.24, 2.45) is 0 Å². The van der Waals surface area contributed by atoms with Crippen molar-refractivity contribution in [2.75, 3.05) is 13.3 Å². The standard InChI is InChI=1S/C19H21O3Si.Y/c1-21-23(2,3)15-22-14-13-19(20)18-11-9-17(10-12-18)16-7-5-4-6-8-16;/h5-14H,15H2,1-3H3;/q-1;/b14-13-;. The third-order valence-corrected chi connectivity index (χ3v) is 5.49. The van der Waals surface area contributed by atoms with Gasteiger partial charge in [0.25, 0.3) is 0 Å². The van der Waals surface area contributed by atoms with Gasteiger partial charge in [-0.3, -0.25) is 4.79 Å². The van der Waals surface area contributed by atoms with E-state index in [1.807, 2.05) is 48.5 Å². The van der Waals surface area contributed by atoms with Gasteiger partial charge in [0.2, 0.25) is 8.32 Å². The summed E-state index contributed by atoms with van der Waals surface area (Å²) in [5.41, 5.74) is 2.82. The van der Waals surface area contributed by atoms with Gasteiger partial charge in [-0.1, -0.05) is 24.3 Å². The fraction of sp³-hybridized carbons (Fsp3) is 0.211. The molecule has 0 heterocycles. The summed E-state index contributed by atoms with van der Waals surface area (Å²) in [5.74, 6) is -0.0742. The van der Waals surface area contributed by atoms with Gasteiger partial charge >= 0.3 is 0 Å². The molecule has 123 valence electrons. The molecule has 1 radical (unpaired) electrons. The van der Waals surface area contributed by atoms with Crippen LogP contribution in [-0.2, 0) is 41.9 Å². The minimum Gasteiger partial charge on any atom is -0.502 e. The fourth-order valence-electron chi connectivity index (χ4n) is 1.92. The minimum atomic E-state index is -1.76. The molecule has 2 aromatic carbocycles. The van der Waals surface area contributed by atoms with E-state index in [0.29, 0.717) is 11.8 Å². The third-order valence-electron chi connectivity index (χ3n) is 3.52. The number of allylic oxidation sites excluding steroid dienone is 1. The number of carbonyl (C=O) groups is 1. The Hall–Kier alpha value is -1.07. The van der Waals surface area contributed by atoms with E-state index in [0.717, 1.165) is 11.1 Å². The number of ether oxygens (including phenoxy) is 1. The maximum Gasteiger partial charge on any atom is 0.224 e. The summed E-state index contributed by atoms with van der Waals surface area (Å²) in [6.07, 6.45) is 3.43. The van der Waals surface area contributed by atoms with Crippen molar-refractivity contribution in [3.8, 4) is 11.1 Å². The van der Waals surface area contributed by atoms with Crippen molar-refractivity contribution >= 4 is 14.1 Å². The van der Waals surface area contributed by atoms with Gasteiger partial charge in [0, 0.05) is 51.5 Å². The van der Waals surface area contributed by atoms with Crippen molar-refractivity contribution in [3.63, 3.8) is 0 Å². The molecule has 0 spiro atoms. The Bertz CT molecular complexity index is 667. The van der Waals surface area contributed by atoms with E-state index in [-0.39, 0.29) is 38.5 Å². The molecule has 0 aliphatic carbocycles. The molecule has 24 heavy (non-hydrogen) atoms. The predicted molar refractivity (Wildman–Crippen MR) is 94.6 cm³/mol. The molecule has 0 unspecified atom stereocenters. The molecule has 0 atom stereocenters. The van der Waals surface area contributed by atoms with E-state index in [4.69, 9.17) is 9.16 Å². The number of hydrogen-bond acceptors (Lipinski definition) is 3. The Labute approximate surface area is 170 Å². The van der Waals surface area contributed by atoms with E-state index in [9.17, 15) is 4.79 Å². The van der Waals surface area contributed by atoms with Gasteiger partial charge in [-0.2, -0.15) is 30.3 Å². The molecular formula is C19H21O3SiY-. The molecule has 0 saturated carbocycles. The van der Waals surface area contributed by atoms with Gasteiger partial charge in [0.1, 0.15) is 6.23 Å². The molecule has 2 aromatic rings. The summed E-state index contributed by atoms with van der Waals surface area (Å²) >= 11 is 0. The second kappa shape index (κ2) is 10.0. The normalized spacial score (nSPS) is 11.1. The van der Waals surface area contributed by atoms with E-state index >= 15 is 0 Å². The first-order chi connectivity index (χ1) is 11.0. The maximum absolute atomic E-state index is 12.1. The Morgan fingerprint density at radius 2 is 1.67 bits per heavy atom. The Kier molecular flexibility index (Phi) is 8.78. The molecule has 0 aliphatic rings. The van der Waals surface area contributed by atoms with Crippen molar-refractivity contribution in [3.05, 3.63) is 72.5 Å². The zero-order valence-corrected chi connectivity index (χ0v) is 18.1. The number of hydrogen-bond donors (Lipinski definition) is 0. The van der Waals surface area contributed by atoms with Crippen molar-refractivity contribution in [2.45, 2.75) is 13.1 Å². The van der Waals surface area contributed by atoms with E-state index in [1.165, 1.54) is 12.3 Å². The number of ketones is 1. The summed E-state index contributed by atoms with van der Waals surface area (Å²) in [6, 6.07) is 18.3. The molecule has 0 fully saturated rings. The van der Waals surface area contributed by atoms with Gasteiger partial charge in [-0.25, -0.2) is 0 Å². The summed E-state index contributed by atoms with van der Waals surface area (Å²) < 4.78 is 10.8. The first kappa shape index (κ1) is 21.0. The van der Waals surface area contributed by atoms with Crippen LogP contribution in [-0.4, -0.2) is 27.4 Å². The van der Waals surface area contributed by atoms with Gasteiger partial charge in [0.05, 0.1) is 6.26 Å². The summed E-state index contributed by atoms with van der Waals surface area (Å²) in [7, 11) is -0.0696. The SMILES string of the molecule is CO[Si](C)(C)CO/C=C\C(=O)c1ccc(-c2cc[c-]cc2)cc1.[Y]. The monoisotopic (exact) mass is 414 g/mol. The summed E-state index contributed by atoms with van der Waals surface area (Å²) in [4.78, 5) is 12.1.